The zero-order valence-electron chi connectivity index (χ0n) is 18.7. The smallest absolute Gasteiger partial charge is 0.410 e. The molecule has 2 fully saturated rings. The average molecular weight is 462 g/mol. The molecule has 0 radical (unpaired) electrons. The Hall–Kier alpha value is -2.76. The van der Waals surface area contributed by atoms with Crippen molar-refractivity contribution < 1.29 is 14.3 Å². The van der Waals surface area contributed by atoms with E-state index in [1.807, 2.05) is 59.5 Å². The van der Waals surface area contributed by atoms with Crippen LogP contribution in [0.5, 0.6) is 0 Å². The molecule has 1 heterocycles. The van der Waals surface area contributed by atoms with Gasteiger partial charge in [0.05, 0.1) is 13.2 Å². The predicted octanol–water partition coefficient (Wildman–Crippen LogP) is 5.87. The normalized spacial score (nSPS) is 18.7. The molecule has 1 aliphatic heterocycles. The van der Waals surface area contributed by atoms with Crippen LogP contribution in [0.4, 0.5) is 4.79 Å². The number of hydrogen-bond donors (Lipinski definition) is 0. The number of carbonyl (C=O) groups is 1. The van der Waals surface area contributed by atoms with E-state index >= 15 is 0 Å². The summed E-state index contributed by atoms with van der Waals surface area (Å²) in [7, 11) is 0. The average Bonchev–Trinajstić information content (AvgIpc) is 3.51. The van der Waals surface area contributed by atoms with Gasteiger partial charge in [-0.15, -0.1) is 0 Å². The number of ether oxygens (including phenoxy) is 2. The van der Waals surface area contributed by atoms with Crippen molar-refractivity contribution in [2.45, 2.75) is 43.4 Å². The largest absolute Gasteiger partial charge is 0.442 e. The third-order valence-electron chi connectivity index (χ3n) is 6.69. The Morgan fingerprint density at radius 2 is 1.24 bits per heavy atom. The molecule has 0 unspecified atom stereocenters. The monoisotopic (exact) mass is 461 g/mol. The number of nitrogens with zero attached hydrogens (tertiary/aromatic N) is 1. The van der Waals surface area contributed by atoms with E-state index in [9.17, 15) is 4.79 Å². The minimum atomic E-state index is -0.795. The van der Waals surface area contributed by atoms with Gasteiger partial charge in [0.1, 0.15) is 11.7 Å². The van der Waals surface area contributed by atoms with Crippen molar-refractivity contribution in [3.8, 4) is 0 Å². The summed E-state index contributed by atoms with van der Waals surface area (Å²) in [5.74, 6) is 0. The molecule has 1 aliphatic carbocycles. The minimum Gasteiger partial charge on any atom is -0.442 e. The Morgan fingerprint density at radius 1 is 0.788 bits per heavy atom. The molecule has 0 N–H and O–H groups in total. The summed E-state index contributed by atoms with van der Waals surface area (Å²) >= 11 is 0. The van der Waals surface area contributed by atoms with Crippen LogP contribution in [-0.4, -0.2) is 36.3 Å². The molecule has 0 aromatic heterocycles. The number of rotatable bonds is 7. The SMILES string of the molecule is O=C1O[C@H](COC(c2ccccc2)(c2ccccc2)c2ccccc2)CN1C1CCCC1.S. The molecule has 1 amide bonds. The maximum absolute atomic E-state index is 12.6. The molecule has 0 spiro atoms. The summed E-state index contributed by atoms with van der Waals surface area (Å²) in [4.78, 5) is 14.5. The fourth-order valence-electron chi connectivity index (χ4n) is 5.13. The molecule has 3 aromatic carbocycles. The summed E-state index contributed by atoms with van der Waals surface area (Å²) in [6.45, 7) is 0.922. The van der Waals surface area contributed by atoms with Crippen LogP contribution in [0.1, 0.15) is 42.4 Å². The molecule has 0 bridgehead atoms. The highest BCUT2D eigenvalue weighted by Gasteiger charge is 2.41. The molecule has 172 valence electrons. The highest BCUT2D eigenvalue weighted by Crippen LogP contribution is 2.41. The van der Waals surface area contributed by atoms with Crippen LogP contribution in [0, 0.1) is 0 Å². The maximum Gasteiger partial charge on any atom is 0.410 e. The molecule has 1 saturated carbocycles. The molecule has 1 atom stereocenters. The van der Waals surface area contributed by atoms with E-state index in [0.29, 0.717) is 19.2 Å². The lowest BCUT2D eigenvalue weighted by Gasteiger charge is -2.36. The summed E-state index contributed by atoms with van der Waals surface area (Å²) in [6, 6.07) is 31.2. The topological polar surface area (TPSA) is 38.8 Å². The summed E-state index contributed by atoms with van der Waals surface area (Å²) in [5.41, 5.74) is 2.36. The van der Waals surface area contributed by atoms with E-state index in [1.54, 1.807) is 0 Å². The van der Waals surface area contributed by atoms with Gasteiger partial charge in [-0.25, -0.2) is 4.79 Å². The first-order chi connectivity index (χ1) is 15.8. The molecule has 5 heteroatoms. The standard InChI is InChI=1S/C28H29NO3.H2S/c30-27-29(25-18-10-11-19-25)20-26(32-27)21-31-28(22-12-4-1-5-13-22,23-14-6-2-7-15-23)24-16-8-3-9-17-24;/h1-9,12-17,25-26H,10-11,18-21H2;1H2/t26-;/m0./s1. The molecular formula is C28H31NO3S. The Balaban J connectivity index is 0.00000259. The van der Waals surface area contributed by atoms with Gasteiger partial charge in [0.2, 0.25) is 0 Å². The van der Waals surface area contributed by atoms with Gasteiger partial charge in [0, 0.05) is 6.04 Å². The third kappa shape index (κ3) is 4.66. The Labute approximate surface area is 203 Å². The van der Waals surface area contributed by atoms with E-state index in [1.165, 1.54) is 12.8 Å². The number of cyclic esters (lactones) is 1. The van der Waals surface area contributed by atoms with Crippen molar-refractivity contribution >= 4 is 19.6 Å². The summed E-state index contributed by atoms with van der Waals surface area (Å²) in [5, 5.41) is 0. The fraction of sp³-hybridized carbons (Fsp3) is 0.321. The van der Waals surface area contributed by atoms with Crippen LogP contribution >= 0.6 is 13.5 Å². The lowest BCUT2D eigenvalue weighted by molar-refractivity contribution is -0.0298. The second kappa shape index (κ2) is 10.4. The van der Waals surface area contributed by atoms with Gasteiger partial charge in [-0.3, -0.25) is 0 Å². The van der Waals surface area contributed by atoms with Gasteiger partial charge < -0.3 is 14.4 Å². The lowest BCUT2D eigenvalue weighted by atomic mass is 9.80. The van der Waals surface area contributed by atoms with E-state index in [2.05, 4.69) is 36.4 Å². The Morgan fingerprint density at radius 3 is 1.70 bits per heavy atom. The van der Waals surface area contributed by atoms with E-state index in [0.717, 1.165) is 29.5 Å². The highest BCUT2D eigenvalue weighted by atomic mass is 32.1. The molecule has 4 nitrogen and oxygen atoms in total. The van der Waals surface area contributed by atoms with Gasteiger partial charge >= 0.3 is 6.09 Å². The third-order valence-corrected chi connectivity index (χ3v) is 6.69. The zero-order chi connectivity index (χ0) is 21.8. The van der Waals surface area contributed by atoms with Gasteiger partial charge in [-0.1, -0.05) is 104 Å². The summed E-state index contributed by atoms with van der Waals surface area (Å²) in [6.07, 6.45) is 4.05. The fourth-order valence-corrected chi connectivity index (χ4v) is 5.13. The van der Waals surface area contributed by atoms with Crippen LogP contribution in [0.3, 0.4) is 0 Å². The van der Waals surface area contributed by atoms with Crippen LogP contribution in [-0.2, 0) is 15.1 Å². The first-order valence-electron chi connectivity index (χ1n) is 11.5. The van der Waals surface area contributed by atoms with Crippen molar-refractivity contribution in [3.05, 3.63) is 108 Å². The van der Waals surface area contributed by atoms with Crippen molar-refractivity contribution in [3.63, 3.8) is 0 Å². The van der Waals surface area contributed by atoms with E-state index in [-0.39, 0.29) is 25.7 Å². The maximum atomic E-state index is 12.6. The second-order valence-corrected chi connectivity index (χ2v) is 8.69. The zero-order valence-corrected chi connectivity index (χ0v) is 19.7. The highest BCUT2D eigenvalue weighted by molar-refractivity contribution is 7.59. The number of benzene rings is 3. The quantitative estimate of drug-likeness (QED) is 0.413. The van der Waals surface area contributed by atoms with Crippen LogP contribution in [0.2, 0.25) is 0 Å². The van der Waals surface area contributed by atoms with Crippen LogP contribution in [0.15, 0.2) is 91.0 Å². The van der Waals surface area contributed by atoms with Gasteiger partial charge in [0.15, 0.2) is 0 Å². The van der Waals surface area contributed by atoms with E-state index < -0.39 is 5.60 Å². The number of amides is 1. The molecule has 3 aromatic rings. The van der Waals surface area contributed by atoms with Crippen molar-refractivity contribution in [2.24, 2.45) is 0 Å². The molecule has 5 rings (SSSR count). The first kappa shape index (κ1) is 23.4. The van der Waals surface area contributed by atoms with Crippen LogP contribution in [0.25, 0.3) is 0 Å². The minimum absolute atomic E-state index is 0. The predicted molar refractivity (Wildman–Crippen MR) is 135 cm³/mol. The molecule has 2 aliphatic rings. The van der Waals surface area contributed by atoms with Crippen LogP contribution < -0.4 is 0 Å². The van der Waals surface area contributed by atoms with Crippen molar-refractivity contribution in [1.82, 2.24) is 4.90 Å². The number of carbonyl (C=O) groups excluding carboxylic acids is 1. The van der Waals surface area contributed by atoms with E-state index in [4.69, 9.17) is 9.47 Å². The van der Waals surface area contributed by atoms with Gasteiger partial charge in [-0.2, -0.15) is 13.5 Å². The molecular weight excluding hydrogens is 430 g/mol. The van der Waals surface area contributed by atoms with Crippen molar-refractivity contribution in [1.29, 1.82) is 0 Å². The first-order valence-corrected chi connectivity index (χ1v) is 11.5. The molecule has 33 heavy (non-hydrogen) atoms. The second-order valence-electron chi connectivity index (χ2n) is 8.69. The van der Waals surface area contributed by atoms with Crippen molar-refractivity contribution in [2.75, 3.05) is 13.2 Å². The lowest BCUT2D eigenvalue weighted by Crippen LogP contribution is -2.37. The Bertz CT molecular complexity index is 926. The summed E-state index contributed by atoms with van der Waals surface area (Å²) < 4.78 is 12.6. The van der Waals surface area contributed by atoms with Gasteiger partial charge in [-0.05, 0) is 29.5 Å². The Kier molecular flexibility index (Phi) is 7.41. The number of hydrogen-bond acceptors (Lipinski definition) is 3. The molecule has 1 saturated heterocycles. The van der Waals surface area contributed by atoms with Gasteiger partial charge in [0.25, 0.3) is 0 Å².